The van der Waals surface area contributed by atoms with Crippen molar-refractivity contribution in [3.63, 3.8) is 0 Å². The van der Waals surface area contributed by atoms with Gasteiger partial charge in [-0.15, -0.1) is 0 Å². The molecule has 1 heterocycles. The molecule has 1 rings (SSSR count). The van der Waals surface area contributed by atoms with Crippen LogP contribution in [-0.4, -0.2) is 15.6 Å². The normalized spacial score (nSPS) is 9.29. The van der Waals surface area contributed by atoms with Crippen LogP contribution >= 0.6 is 23.3 Å². The zero-order chi connectivity index (χ0) is 5.11. The summed E-state index contributed by atoms with van der Waals surface area (Å²) < 4.78 is 4.65. The van der Waals surface area contributed by atoms with Crippen molar-refractivity contribution in [2.24, 2.45) is 0 Å². The van der Waals surface area contributed by atoms with E-state index in [2.05, 4.69) is 15.7 Å². The molecule has 4 heteroatoms. The molecule has 0 aromatic carbocycles. The van der Waals surface area contributed by atoms with Gasteiger partial charge in [-0.3, -0.25) is 0 Å². The number of thioether (sulfide) groups is 1. The molecular weight excluding hydrogens is 128 g/mol. The van der Waals surface area contributed by atoms with Gasteiger partial charge in [0.05, 0.1) is 0 Å². The van der Waals surface area contributed by atoms with Crippen LogP contribution in [0.2, 0.25) is 0 Å². The topological polar surface area (TPSA) is 25.8 Å². The summed E-state index contributed by atoms with van der Waals surface area (Å²) in [4.78, 5) is 3.78. The second kappa shape index (κ2) is 2.28. The van der Waals surface area contributed by atoms with Crippen molar-refractivity contribution >= 4 is 23.3 Å². The van der Waals surface area contributed by atoms with Crippen molar-refractivity contribution in [1.82, 2.24) is 9.36 Å². The minimum absolute atomic E-state index is 0.972. The van der Waals surface area contributed by atoms with Crippen molar-refractivity contribution in [3.05, 3.63) is 6.33 Å². The molecular formula is C3H3N2S2. The number of nitrogens with zero attached hydrogens (tertiary/aromatic N) is 2. The molecule has 1 radical (unpaired) electrons. The molecule has 1 aromatic heterocycles. The zero-order valence-corrected chi connectivity index (χ0v) is 5.34. The number of aromatic nitrogens is 2. The Kier molecular flexibility index (Phi) is 1.64. The predicted octanol–water partition coefficient (Wildman–Crippen LogP) is 1.06. The largest absolute Gasteiger partial charge is 0.212 e. The van der Waals surface area contributed by atoms with E-state index in [9.17, 15) is 0 Å². The number of hydrogen-bond acceptors (Lipinski definition) is 4. The van der Waals surface area contributed by atoms with Gasteiger partial charge >= 0.3 is 0 Å². The van der Waals surface area contributed by atoms with Crippen LogP contribution in [0.1, 0.15) is 0 Å². The van der Waals surface area contributed by atoms with Crippen LogP contribution in [0, 0.1) is 6.33 Å². The monoisotopic (exact) mass is 131 g/mol. The quantitative estimate of drug-likeness (QED) is 0.533. The maximum absolute atomic E-state index is 3.78. The van der Waals surface area contributed by atoms with Crippen LogP contribution < -0.4 is 0 Å². The zero-order valence-electron chi connectivity index (χ0n) is 3.71. The first-order valence-corrected chi connectivity index (χ1v) is 3.67. The summed E-state index contributed by atoms with van der Waals surface area (Å²) in [7, 11) is 0. The molecule has 0 fully saturated rings. The van der Waals surface area contributed by atoms with Crippen molar-refractivity contribution in [2.75, 3.05) is 6.26 Å². The fourth-order valence-electron chi connectivity index (χ4n) is 0.224. The van der Waals surface area contributed by atoms with Crippen molar-refractivity contribution in [3.8, 4) is 0 Å². The Morgan fingerprint density at radius 1 is 1.86 bits per heavy atom. The lowest BCUT2D eigenvalue weighted by molar-refractivity contribution is 1.20. The molecule has 1 aromatic rings. The lowest BCUT2D eigenvalue weighted by atomic mass is 11.3. The van der Waals surface area contributed by atoms with Crippen LogP contribution in [0.3, 0.4) is 0 Å². The fraction of sp³-hybridized carbons (Fsp3) is 0.333. The molecule has 37 valence electrons. The van der Waals surface area contributed by atoms with E-state index < -0.39 is 0 Å². The fourth-order valence-corrected chi connectivity index (χ4v) is 1.01. The predicted molar refractivity (Wildman–Crippen MR) is 30.5 cm³/mol. The molecule has 0 spiro atoms. The van der Waals surface area contributed by atoms with E-state index in [1.807, 2.05) is 6.26 Å². The SMILES string of the molecule is CSc1n[c]ns1. The molecule has 0 saturated carbocycles. The molecule has 7 heavy (non-hydrogen) atoms. The van der Waals surface area contributed by atoms with Gasteiger partial charge in [-0.05, 0) is 17.8 Å². The molecule has 0 N–H and O–H groups in total. The summed E-state index contributed by atoms with van der Waals surface area (Å²) in [6.07, 6.45) is 4.44. The van der Waals surface area contributed by atoms with E-state index >= 15 is 0 Å². The van der Waals surface area contributed by atoms with Gasteiger partial charge < -0.3 is 0 Å². The summed E-state index contributed by atoms with van der Waals surface area (Å²) in [6.45, 7) is 0. The van der Waals surface area contributed by atoms with Gasteiger partial charge in [0.1, 0.15) is 0 Å². The Bertz CT molecular complexity index is 125. The number of rotatable bonds is 1. The van der Waals surface area contributed by atoms with E-state index in [1.165, 1.54) is 11.5 Å². The maximum atomic E-state index is 3.78. The van der Waals surface area contributed by atoms with Gasteiger partial charge in [0.25, 0.3) is 0 Å². The first-order chi connectivity index (χ1) is 3.43. The third kappa shape index (κ3) is 1.14. The van der Waals surface area contributed by atoms with Crippen LogP contribution in [0.15, 0.2) is 4.34 Å². The van der Waals surface area contributed by atoms with Crippen molar-refractivity contribution < 1.29 is 0 Å². The molecule has 0 amide bonds. The minimum Gasteiger partial charge on any atom is -0.205 e. The summed E-state index contributed by atoms with van der Waals surface area (Å²) >= 11 is 2.96. The van der Waals surface area contributed by atoms with E-state index in [0.717, 1.165) is 4.34 Å². The van der Waals surface area contributed by atoms with Gasteiger partial charge in [-0.25, -0.2) is 4.98 Å². The standard InChI is InChI=1S/C3H3N2S2/c1-6-3-4-2-5-7-3/h1H3. The Morgan fingerprint density at radius 3 is 3.00 bits per heavy atom. The van der Waals surface area contributed by atoms with Crippen LogP contribution in [0.5, 0.6) is 0 Å². The summed E-state index contributed by atoms with van der Waals surface area (Å²) in [5.41, 5.74) is 0. The Balaban J connectivity index is 2.76. The lowest BCUT2D eigenvalue weighted by Gasteiger charge is -1.74. The van der Waals surface area contributed by atoms with Crippen molar-refractivity contribution in [1.29, 1.82) is 0 Å². The average Bonchev–Trinajstić information content (AvgIpc) is 2.14. The van der Waals surface area contributed by atoms with Gasteiger partial charge in [0.15, 0.2) is 4.34 Å². The van der Waals surface area contributed by atoms with Crippen LogP contribution in [-0.2, 0) is 0 Å². The Morgan fingerprint density at radius 2 is 2.71 bits per heavy atom. The minimum atomic E-state index is 0.972. The second-order valence-corrected chi connectivity index (χ2v) is 2.67. The first-order valence-electron chi connectivity index (χ1n) is 1.67. The van der Waals surface area contributed by atoms with Crippen molar-refractivity contribution in [2.45, 2.75) is 4.34 Å². The third-order valence-corrected chi connectivity index (χ3v) is 2.07. The van der Waals surface area contributed by atoms with Gasteiger partial charge in [0, 0.05) is 0 Å². The molecule has 0 aliphatic heterocycles. The van der Waals surface area contributed by atoms with Gasteiger partial charge in [-0.2, -0.15) is 4.37 Å². The highest BCUT2D eigenvalue weighted by atomic mass is 32.2. The highest BCUT2D eigenvalue weighted by molar-refractivity contribution is 8.00. The Hall–Kier alpha value is -0.0900. The van der Waals surface area contributed by atoms with E-state index in [1.54, 1.807) is 11.8 Å². The first kappa shape index (κ1) is 5.05. The molecule has 0 unspecified atom stereocenters. The van der Waals surface area contributed by atoms with Crippen LogP contribution in [0.4, 0.5) is 0 Å². The van der Waals surface area contributed by atoms with Crippen LogP contribution in [0.25, 0.3) is 0 Å². The Labute approximate surface area is 50.1 Å². The summed E-state index contributed by atoms with van der Waals surface area (Å²) in [5, 5.41) is 0. The van der Waals surface area contributed by atoms with E-state index in [-0.39, 0.29) is 0 Å². The maximum Gasteiger partial charge on any atom is 0.212 e. The highest BCUT2D eigenvalue weighted by Crippen LogP contribution is 2.12. The molecule has 0 atom stereocenters. The molecule has 2 nitrogen and oxygen atoms in total. The average molecular weight is 131 g/mol. The van der Waals surface area contributed by atoms with Gasteiger partial charge in [-0.1, -0.05) is 11.8 Å². The summed E-state index contributed by atoms with van der Waals surface area (Å²) in [6, 6.07) is 0. The summed E-state index contributed by atoms with van der Waals surface area (Å²) in [5.74, 6) is 0. The molecule has 0 aliphatic rings. The lowest BCUT2D eigenvalue weighted by Crippen LogP contribution is -1.58. The number of hydrogen-bond donors (Lipinski definition) is 0. The molecule has 0 bridgehead atoms. The molecule has 0 saturated heterocycles. The van der Waals surface area contributed by atoms with Gasteiger partial charge in [0.2, 0.25) is 6.33 Å². The second-order valence-electron chi connectivity index (χ2n) is 0.864. The smallest absolute Gasteiger partial charge is 0.205 e. The highest BCUT2D eigenvalue weighted by Gasteiger charge is 1.88. The van der Waals surface area contributed by atoms with E-state index in [4.69, 9.17) is 0 Å². The third-order valence-electron chi connectivity index (χ3n) is 0.480. The van der Waals surface area contributed by atoms with E-state index in [0.29, 0.717) is 0 Å². The molecule has 0 aliphatic carbocycles.